The number of carbonyl (C=O) groups excluding carboxylic acids is 1. The molecule has 0 aromatic heterocycles. The van der Waals surface area contributed by atoms with E-state index in [0.29, 0.717) is 26.2 Å². The molecular weight excluding hydrogens is 435 g/mol. The molecule has 0 bridgehead atoms. The predicted molar refractivity (Wildman–Crippen MR) is 110 cm³/mol. The van der Waals surface area contributed by atoms with Crippen LogP contribution in [0.5, 0.6) is 0 Å². The van der Waals surface area contributed by atoms with Crippen LogP contribution < -0.4 is 10.6 Å². The topological polar surface area (TPSA) is 86.2 Å². The van der Waals surface area contributed by atoms with Crippen molar-refractivity contribution in [1.82, 2.24) is 15.5 Å². The molecule has 0 spiro atoms. The molecule has 1 aliphatic heterocycles. The van der Waals surface area contributed by atoms with E-state index < -0.39 is 5.60 Å². The molecule has 0 atom stereocenters. The average Bonchev–Trinajstić information content (AvgIpc) is 3.01. The van der Waals surface area contributed by atoms with Crippen LogP contribution in [-0.2, 0) is 4.74 Å². The van der Waals surface area contributed by atoms with E-state index in [-0.39, 0.29) is 36.1 Å². The summed E-state index contributed by atoms with van der Waals surface area (Å²) in [4.78, 5) is 18.1. The van der Waals surface area contributed by atoms with Crippen molar-refractivity contribution in [2.45, 2.75) is 64.0 Å². The molecule has 1 saturated carbocycles. The van der Waals surface area contributed by atoms with Gasteiger partial charge in [-0.15, -0.1) is 24.0 Å². The maximum absolute atomic E-state index is 11.7. The minimum absolute atomic E-state index is 0. The Bertz CT molecular complexity index is 434. The largest absolute Gasteiger partial charge is 0.450 e. The fourth-order valence-corrected chi connectivity index (χ4v) is 3.35. The van der Waals surface area contributed by atoms with Crippen molar-refractivity contribution >= 4 is 36.0 Å². The molecule has 1 aliphatic carbocycles. The third-order valence-electron chi connectivity index (χ3n) is 4.77. The number of nitrogens with one attached hydrogen (secondary N) is 2. The summed E-state index contributed by atoms with van der Waals surface area (Å²) in [6.07, 6.45) is 5.37. The summed E-state index contributed by atoms with van der Waals surface area (Å²) in [5.74, 6) is 0.757. The van der Waals surface area contributed by atoms with Gasteiger partial charge < -0.3 is 25.4 Å². The molecule has 0 unspecified atom stereocenters. The summed E-state index contributed by atoms with van der Waals surface area (Å²) >= 11 is 0. The van der Waals surface area contributed by atoms with Crippen LogP contribution in [0.1, 0.15) is 52.4 Å². The van der Waals surface area contributed by atoms with Gasteiger partial charge in [-0.25, -0.2) is 4.79 Å². The second-order valence-electron chi connectivity index (χ2n) is 6.73. The lowest BCUT2D eigenvalue weighted by atomic mass is 10.0. The van der Waals surface area contributed by atoms with E-state index in [1.165, 1.54) is 0 Å². The standard InChI is InChI=1S/C17H32N4O3.HI/c1-3-18-15(19-13-17(23)9-5-6-10-17)20-14-7-11-21(12-8-14)16(22)24-4-2;/h14,23H,3-13H2,1-2H3,(H2,18,19,20);1H. The van der Waals surface area contributed by atoms with Crippen LogP contribution in [0.3, 0.4) is 0 Å². The van der Waals surface area contributed by atoms with Crippen LogP contribution in [-0.4, -0.2) is 66.5 Å². The highest BCUT2D eigenvalue weighted by Crippen LogP contribution is 2.29. The molecule has 2 fully saturated rings. The van der Waals surface area contributed by atoms with Gasteiger partial charge in [0.1, 0.15) is 0 Å². The van der Waals surface area contributed by atoms with Crippen molar-refractivity contribution in [2.24, 2.45) is 4.99 Å². The van der Waals surface area contributed by atoms with Crippen LogP contribution >= 0.6 is 24.0 Å². The molecule has 25 heavy (non-hydrogen) atoms. The van der Waals surface area contributed by atoms with E-state index >= 15 is 0 Å². The highest BCUT2D eigenvalue weighted by Gasteiger charge is 2.31. The summed E-state index contributed by atoms with van der Waals surface area (Å²) in [6.45, 7) is 6.89. The van der Waals surface area contributed by atoms with Gasteiger partial charge in [0.15, 0.2) is 5.96 Å². The van der Waals surface area contributed by atoms with Crippen LogP contribution in [0.2, 0.25) is 0 Å². The zero-order chi connectivity index (χ0) is 17.4. The van der Waals surface area contributed by atoms with E-state index in [0.717, 1.165) is 51.0 Å². The highest BCUT2D eigenvalue weighted by molar-refractivity contribution is 14.0. The minimum atomic E-state index is -0.629. The van der Waals surface area contributed by atoms with Gasteiger partial charge in [0.25, 0.3) is 0 Å². The Morgan fingerprint density at radius 2 is 1.92 bits per heavy atom. The number of hydrogen-bond acceptors (Lipinski definition) is 4. The monoisotopic (exact) mass is 468 g/mol. The van der Waals surface area contributed by atoms with Crippen LogP contribution in [0.15, 0.2) is 4.99 Å². The molecule has 0 radical (unpaired) electrons. The molecule has 3 N–H and O–H groups in total. The average molecular weight is 468 g/mol. The number of aliphatic hydroxyl groups is 1. The molecule has 0 aromatic carbocycles. The number of piperidine rings is 1. The summed E-state index contributed by atoms with van der Waals surface area (Å²) in [7, 11) is 0. The molecule has 2 rings (SSSR count). The van der Waals surface area contributed by atoms with Crippen molar-refractivity contribution in [3.8, 4) is 0 Å². The number of likely N-dealkylation sites (tertiary alicyclic amines) is 1. The Labute approximate surface area is 168 Å². The van der Waals surface area contributed by atoms with Gasteiger partial charge in [0.2, 0.25) is 0 Å². The van der Waals surface area contributed by atoms with Crippen molar-refractivity contribution in [2.75, 3.05) is 32.8 Å². The first kappa shape index (κ1) is 22.3. The van der Waals surface area contributed by atoms with E-state index in [2.05, 4.69) is 15.6 Å². The number of amides is 1. The van der Waals surface area contributed by atoms with Crippen LogP contribution in [0.4, 0.5) is 4.79 Å². The van der Waals surface area contributed by atoms with Crippen LogP contribution in [0.25, 0.3) is 0 Å². The van der Waals surface area contributed by atoms with E-state index in [1.807, 2.05) is 13.8 Å². The van der Waals surface area contributed by atoms with Crippen molar-refractivity contribution in [3.05, 3.63) is 0 Å². The minimum Gasteiger partial charge on any atom is -0.450 e. The number of nitrogens with zero attached hydrogens (tertiary/aromatic N) is 2. The first-order valence-corrected chi connectivity index (χ1v) is 9.25. The zero-order valence-corrected chi connectivity index (χ0v) is 17.8. The molecule has 146 valence electrons. The van der Waals surface area contributed by atoms with Gasteiger partial charge in [-0.2, -0.15) is 0 Å². The maximum atomic E-state index is 11.7. The smallest absolute Gasteiger partial charge is 0.409 e. The van der Waals surface area contributed by atoms with E-state index in [4.69, 9.17) is 4.74 Å². The van der Waals surface area contributed by atoms with Gasteiger partial charge in [-0.05, 0) is 39.5 Å². The molecule has 0 aromatic rings. The first-order chi connectivity index (χ1) is 11.6. The van der Waals surface area contributed by atoms with Crippen molar-refractivity contribution < 1.29 is 14.6 Å². The molecule has 8 heteroatoms. The number of rotatable bonds is 5. The Morgan fingerprint density at radius 3 is 2.48 bits per heavy atom. The second kappa shape index (κ2) is 11.1. The Balaban J connectivity index is 0.00000312. The summed E-state index contributed by atoms with van der Waals surface area (Å²) in [6, 6.07) is 0.284. The molecule has 1 saturated heterocycles. The third-order valence-corrected chi connectivity index (χ3v) is 4.77. The number of ether oxygens (including phenoxy) is 1. The lowest BCUT2D eigenvalue weighted by Gasteiger charge is -2.32. The third kappa shape index (κ3) is 7.16. The number of halogens is 1. The number of aliphatic imine (C=N–C) groups is 1. The van der Waals surface area contributed by atoms with Crippen molar-refractivity contribution in [3.63, 3.8) is 0 Å². The van der Waals surface area contributed by atoms with Gasteiger partial charge in [0.05, 0.1) is 18.8 Å². The Hall–Kier alpha value is -0.770. The first-order valence-electron chi connectivity index (χ1n) is 9.25. The van der Waals surface area contributed by atoms with E-state index in [1.54, 1.807) is 4.90 Å². The van der Waals surface area contributed by atoms with Gasteiger partial charge >= 0.3 is 6.09 Å². The summed E-state index contributed by atoms with van der Waals surface area (Å²) in [5.41, 5.74) is -0.629. The Kier molecular flexibility index (Phi) is 9.84. The van der Waals surface area contributed by atoms with Gasteiger partial charge in [0, 0.05) is 25.7 Å². The summed E-state index contributed by atoms with van der Waals surface area (Å²) in [5, 5.41) is 17.1. The fraction of sp³-hybridized carbons (Fsp3) is 0.882. The molecule has 7 nitrogen and oxygen atoms in total. The van der Waals surface area contributed by atoms with E-state index in [9.17, 15) is 9.90 Å². The molecule has 2 aliphatic rings. The fourth-order valence-electron chi connectivity index (χ4n) is 3.35. The normalized spacial score (nSPS) is 20.8. The second-order valence-corrected chi connectivity index (χ2v) is 6.73. The SMILES string of the molecule is CCNC(=NCC1(O)CCCC1)NC1CCN(C(=O)OCC)CC1.I. The number of carbonyl (C=O) groups is 1. The lowest BCUT2D eigenvalue weighted by molar-refractivity contribution is 0.0573. The van der Waals surface area contributed by atoms with Gasteiger partial charge in [-0.3, -0.25) is 4.99 Å². The molecular formula is C17H33IN4O3. The molecule has 1 heterocycles. The van der Waals surface area contributed by atoms with Crippen molar-refractivity contribution in [1.29, 1.82) is 0 Å². The Morgan fingerprint density at radius 1 is 1.28 bits per heavy atom. The number of hydrogen-bond donors (Lipinski definition) is 3. The predicted octanol–water partition coefficient (Wildman–Crippen LogP) is 2.09. The molecule has 1 amide bonds. The van der Waals surface area contributed by atoms with Gasteiger partial charge in [-0.1, -0.05) is 12.8 Å². The van der Waals surface area contributed by atoms with Crippen LogP contribution in [0, 0.1) is 0 Å². The summed E-state index contributed by atoms with van der Waals surface area (Å²) < 4.78 is 5.05. The highest BCUT2D eigenvalue weighted by atomic mass is 127. The maximum Gasteiger partial charge on any atom is 0.409 e. The number of guanidine groups is 1. The quantitative estimate of drug-likeness (QED) is 0.327. The lowest BCUT2D eigenvalue weighted by Crippen LogP contribution is -2.50. The zero-order valence-electron chi connectivity index (χ0n) is 15.4.